The van der Waals surface area contributed by atoms with E-state index in [0.29, 0.717) is 6.04 Å². The van der Waals surface area contributed by atoms with Gasteiger partial charge < -0.3 is 5.32 Å². The number of rotatable bonds is 2. The molecule has 0 aromatic heterocycles. The van der Waals surface area contributed by atoms with Crippen LogP contribution in [0.3, 0.4) is 0 Å². The Bertz CT molecular complexity index is 398. The highest BCUT2D eigenvalue weighted by molar-refractivity contribution is 6.31. The summed E-state index contributed by atoms with van der Waals surface area (Å²) in [5, 5.41) is 4.54. The van der Waals surface area contributed by atoms with Crippen LogP contribution in [-0.2, 0) is 6.42 Å². The van der Waals surface area contributed by atoms with Gasteiger partial charge in [0.15, 0.2) is 0 Å². The largest absolute Gasteiger partial charge is 0.310 e. The van der Waals surface area contributed by atoms with Gasteiger partial charge in [-0.2, -0.15) is 0 Å². The predicted octanol–water partition coefficient (Wildman–Crippen LogP) is 3.94. The van der Waals surface area contributed by atoms with Gasteiger partial charge in [0, 0.05) is 11.1 Å². The molecule has 1 aromatic carbocycles. The molecule has 0 saturated carbocycles. The molecule has 1 unspecified atom stereocenters. The fourth-order valence-corrected chi connectivity index (χ4v) is 3.12. The van der Waals surface area contributed by atoms with Crippen LogP contribution in [0.5, 0.6) is 0 Å². The first kappa shape index (κ1) is 11.9. The lowest BCUT2D eigenvalue weighted by Gasteiger charge is -2.29. The van der Waals surface area contributed by atoms with E-state index in [0.717, 1.165) is 18.0 Å². The molecule has 1 atom stereocenters. The number of fused-ring (bicyclic) bond motifs is 1. The number of nitrogens with one attached hydrogen (secondary N) is 1. The molecule has 2 heteroatoms. The second-order valence-electron chi connectivity index (χ2n) is 4.70. The molecule has 16 heavy (non-hydrogen) atoms. The minimum atomic E-state index is 0.506. The van der Waals surface area contributed by atoms with Crippen molar-refractivity contribution in [2.24, 2.45) is 0 Å². The normalized spacial score (nSPS) is 19.6. The van der Waals surface area contributed by atoms with Gasteiger partial charge in [0.2, 0.25) is 0 Å². The molecule has 1 aliphatic carbocycles. The smallest absolute Gasteiger partial charge is 0.0444 e. The molecule has 88 valence electrons. The Balaban J connectivity index is 2.53. The quantitative estimate of drug-likeness (QED) is 0.822. The summed E-state index contributed by atoms with van der Waals surface area (Å²) >= 11 is 6.36. The second kappa shape index (κ2) is 4.77. The fourth-order valence-electron chi connectivity index (χ4n) is 2.76. The first-order valence-corrected chi connectivity index (χ1v) is 6.54. The minimum Gasteiger partial charge on any atom is -0.310 e. The lowest BCUT2D eigenvalue weighted by molar-refractivity contribution is 0.469. The maximum Gasteiger partial charge on any atom is 0.0444 e. The van der Waals surface area contributed by atoms with E-state index in [1.807, 2.05) is 0 Å². The van der Waals surface area contributed by atoms with E-state index < -0.39 is 0 Å². The van der Waals surface area contributed by atoms with Crippen LogP contribution in [-0.4, -0.2) is 6.54 Å². The first-order valence-electron chi connectivity index (χ1n) is 6.17. The summed E-state index contributed by atoms with van der Waals surface area (Å²) in [6.07, 6.45) is 3.62. The molecule has 2 rings (SSSR count). The van der Waals surface area contributed by atoms with Crippen LogP contribution in [0.4, 0.5) is 0 Å². The molecule has 0 amide bonds. The molecule has 0 aliphatic heterocycles. The average Bonchev–Trinajstić information content (AvgIpc) is 2.26. The van der Waals surface area contributed by atoms with Crippen LogP contribution in [0.15, 0.2) is 6.07 Å². The predicted molar refractivity (Wildman–Crippen MR) is 70.3 cm³/mol. The van der Waals surface area contributed by atoms with Gasteiger partial charge in [-0.25, -0.2) is 0 Å². The molecule has 1 aromatic rings. The monoisotopic (exact) mass is 237 g/mol. The third kappa shape index (κ3) is 1.99. The molecule has 1 nitrogen and oxygen atoms in total. The zero-order chi connectivity index (χ0) is 11.7. The van der Waals surface area contributed by atoms with Crippen molar-refractivity contribution in [3.8, 4) is 0 Å². The van der Waals surface area contributed by atoms with Crippen LogP contribution in [0.1, 0.15) is 48.1 Å². The number of hydrogen-bond donors (Lipinski definition) is 1. The summed E-state index contributed by atoms with van der Waals surface area (Å²) in [4.78, 5) is 0. The van der Waals surface area contributed by atoms with E-state index in [4.69, 9.17) is 11.6 Å². The van der Waals surface area contributed by atoms with Gasteiger partial charge >= 0.3 is 0 Å². The third-order valence-corrected chi connectivity index (χ3v) is 4.01. The van der Waals surface area contributed by atoms with Crippen molar-refractivity contribution in [3.63, 3.8) is 0 Å². The van der Waals surface area contributed by atoms with E-state index in [1.54, 1.807) is 0 Å². The number of hydrogen-bond acceptors (Lipinski definition) is 1. The van der Waals surface area contributed by atoms with Crippen molar-refractivity contribution in [2.75, 3.05) is 6.54 Å². The summed E-state index contributed by atoms with van der Waals surface area (Å²) in [6.45, 7) is 7.56. The Morgan fingerprint density at radius 1 is 1.44 bits per heavy atom. The van der Waals surface area contributed by atoms with Gasteiger partial charge in [-0.3, -0.25) is 0 Å². The fraction of sp³-hybridized carbons (Fsp3) is 0.571. The van der Waals surface area contributed by atoms with Crippen molar-refractivity contribution >= 4 is 11.6 Å². The summed E-state index contributed by atoms with van der Waals surface area (Å²) in [7, 11) is 0. The van der Waals surface area contributed by atoms with Crippen molar-refractivity contribution in [2.45, 2.75) is 46.1 Å². The van der Waals surface area contributed by atoms with Crippen LogP contribution >= 0.6 is 11.6 Å². The molecule has 1 N–H and O–H groups in total. The summed E-state index contributed by atoms with van der Waals surface area (Å²) in [6, 6.07) is 2.62. The van der Waals surface area contributed by atoms with Gasteiger partial charge in [-0.15, -0.1) is 0 Å². The highest BCUT2D eigenvalue weighted by Gasteiger charge is 2.24. The SMILES string of the molecule is CCNC1CCCc2c(Cl)cc(C)c(C)c21. The Morgan fingerprint density at radius 2 is 2.19 bits per heavy atom. The summed E-state index contributed by atoms with van der Waals surface area (Å²) < 4.78 is 0. The molecule has 0 bridgehead atoms. The standard InChI is InChI=1S/C14H20ClN/c1-4-16-13-7-5-6-11-12(15)8-9(2)10(3)14(11)13/h8,13,16H,4-7H2,1-3H3. The lowest BCUT2D eigenvalue weighted by Crippen LogP contribution is -2.26. The second-order valence-corrected chi connectivity index (χ2v) is 5.10. The molecular formula is C14H20ClN. The van der Waals surface area contributed by atoms with E-state index in [-0.39, 0.29) is 0 Å². The van der Waals surface area contributed by atoms with Gasteiger partial charge in [0.05, 0.1) is 0 Å². The Labute approximate surface area is 103 Å². The van der Waals surface area contributed by atoms with E-state index in [2.05, 4.69) is 32.2 Å². The highest BCUT2D eigenvalue weighted by atomic mass is 35.5. The summed E-state index contributed by atoms with van der Waals surface area (Å²) in [5.41, 5.74) is 5.58. The summed E-state index contributed by atoms with van der Waals surface area (Å²) in [5.74, 6) is 0. The van der Waals surface area contributed by atoms with Gasteiger partial charge in [-0.05, 0) is 68.0 Å². The minimum absolute atomic E-state index is 0.506. The van der Waals surface area contributed by atoms with Crippen molar-refractivity contribution in [1.82, 2.24) is 5.32 Å². The van der Waals surface area contributed by atoms with Crippen molar-refractivity contribution in [3.05, 3.63) is 33.3 Å². The van der Waals surface area contributed by atoms with Gasteiger partial charge in [0.25, 0.3) is 0 Å². The van der Waals surface area contributed by atoms with Crippen LogP contribution in [0.2, 0.25) is 5.02 Å². The van der Waals surface area contributed by atoms with Crippen LogP contribution < -0.4 is 5.32 Å². The molecular weight excluding hydrogens is 218 g/mol. The van der Waals surface area contributed by atoms with E-state index >= 15 is 0 Å². The highest BCUT2D eigenvalue weighted by Crippen LogP contribution is 2.37. The lowest BCUT2D eigenvalue weighted by atomic mass is 9.83. The van der Waals surface area contributed by atoms with Gasteiger partial charge in [0.1, 0.15) is 0 Å². The van der Waals surface area contributed by atoms with Crippen LogP contribution in [0, 0.1) is 13.8 Å². The maximum atomic E-state index is 6.36. The molecule has 0 fully saturated rings. The van der Waals surface area contributed by atoms with Crippen molar-refractivity contribution in [1.29, 1.82) is 0 Å². The molecule has 0 saturated heterocycles. The number of benzene rings is 1. The Hall–Kier alpha value is -0.530. The number of aryl methyl sites for hydroxylation is 1. The molecule has 1 aliphatic rings. The van der Waals surface area contributed by atoms with Crippen LogP contribution in [0.25, 0.3) is 0 Å². The van der Waals surface area contributed by atoms with E-state index in [1.165, 1.54) is 35.1 Å². The van der Waals surface area contributed by atoms with Gasteiger partial charge in [-0.1, -0.05) is 18.5 Å². The first-order chi connectivity index (χ1) is 7.65. The zero-order valence-corrected chi connectivity index (χ0v) is 11.1. The zero-order valence-electron chi connectivity index (χ0n) is 10.4. The molecule has 0 radical (unpaired) electrons. The molecule has 0 spiro atoms. The third-order valence-electron chi connectivity index (χ3n) is 3.67. The maximum absolute atomic E-state index is 6.36. The Kier molecular flexibility index (Phi) is 3.56. The van der Waals surface area contributed by atoms with Crippen molar-refractivity contribution < 1.29 is 0 Å². The Morgan fingerprint density at radius 3 is 2.88 bits per heavy atom. The molecule has 0 heterocycles. The van der Waals surface area contributed by atoms with E-state index in [9.17, 15) is 0 Å². The number of halogens is 1. The topological polar surface area (TPSA) is 12.0 Å². The average molecular weight is 238 g/mol.